The van der Waals surface area contributed by atoms with E-state index in [-0.39, 0.29) is 11.1 Å². The van der Waals surface area contributed by atoms with Crippen LogP contribution in [-0.2, 0) is 24.5 Å². The van der Waals surface area contributed by atoms with Crippen LogP contribution in [0.25, 0.3) is 6.08 Å². The van der Waals surface area contributed by atoms with E-state index < -0.39 is 23.9 Å². The predicted octanol–water partition coefficient (Wildman–Crippen LogP) is 4.03. The Balaban J connectivity index is 2.05. The molecule has 0 fully saturated rings. The van der Waals surface area contributed by atoms with Crippen molar-refractivity contribution in [2.75, 3.05) is 5.32 Å². The van der Waals surface area contributed by atoms with E-state index >= 15 is 0 Å². The molecule has 2 N–H and O–H groups in total. The van der Waals surface area contributed by atoms with Gasteiger partial charge in [0.2, 0.25) is 5.91 Å². The lowest BCUT2D eigenvalue weighted by Crippen LogP contribution is -2.33. The summed E-state index contributed by atoms with van der Waals surface area (Å²) in [6, 6.07) is 16.5. The Bertz CT molecular complexity index is 926. The van der Waals surface area contributed by atoms with E-state index in [4.69, 9.17) is 4.74 Å². The smallest absolute Gasteiger partial charge is 0.355 e. The second-order valence-corrected chi connectivity index (χ2v) is 8.01. The van der Waals surface area contributed by atoms with Crippen LogP contribution in [0.1, 0.15) is 45.7 Å². The first-order valence-corrected chi connectivity index (χ1v) is 9.73. The van der Waals surface area contributed by atoms with E-state index in [1.807, 2.05) is 42.5 Å². The summed E-state index contributed by atoms with van der Waals surface area (Å²) >= 11 is 0. The number of rotatable bonds is 6. The minimum absolute atomic E-state index is 0.0105. The molecule has 1 atom stereocenters. The topological polar surface area (TPSA) is 84.5 Å². The number of esters is 1. The standard InChI is InChI=1S/C24H28N2O4/c1-16(22(28)26-20-13-11-19(12-14-20)24(3,4)5)30-23(29)21(25-17(2)27)15-18-9-7-6-8-10-18/h6-16H,1-5H3,(H,25,27)(H,26,28)/b21-15-. The molecule has 2 amide bonds. The fourth-order valence-corrected chi connectivity index (χ4v) is 2.63. The van der Waals surface area contributed by atoms with Gasteiger partial charge in [-0.15, -0.1) is 0 Å². The molecule has 0 heterocycles. The quantitative estimate of drug-likeness (QED) is 0.558. The highest BCUT2D eigenvalue weighted by Gasteiger charge is 2.22. The average Bonchev–Trinajstić information content (AvgIpc) is 2.67. The van der Waals surface area contributed by atoms with Crippen LogP contribution in [0.4, 0.5) is 5.69 Å². The van der Waals surface area contributed by atoms with Gasteiger partial charge in [0.1, 0.15) is 5.70 Å². The van der Waals surface area contributed by atoms with Crippen molar-refractivity contribution in [2.45, 2.75) is 46.1 Å². The molecule has 158 valence electrons. The van der Waals surface area contributed by atoms with Crippen molar-refractivity contribution < 1.29 is 19.1 Å². The van der Waals surface area contributed by atoms with Gasteiger partial charge in [0.15, 0.2) is 6.10 Å². The second kappa shape index (κ2) is 9.87. The predicted molar refractivity (Wildman–Crippen MR) is 118 cm³/mol. The zero-order valence-corrected chi connectivity index (χ0v) is 18.0. The number of benzene rings is 2. The maximum absolute atomic E-state index is 12.5. The van der Waals surface area contributed by atoms with Gasteiger partial charge in [-0.1, -0.05) is 63.2 Å². The highest BCUT2D eigenvalue weighted by Crippen LogP contribution is 2.23. The maximum atomic E-state index is 12.5. The van der Waals surface area contributed by atoms with Crippen LogP contribution in [0.5, 0.6) is 0 Å². The van der Waals surface area contributed by atoms with Crippen molar-refractivity contribution in [3.63, 3.8) is 0 Å². The third-order valence-corrected chi connectivity index (χ3v) is 4.31. The molecule has 0 aromatic heterocycles. The molecule has 0 radical (unpaired) electrons. The van der Waals surface area contributed by atoms with Crippen LogP contribution in [0.2, 0.25) is 0 Å². The Kier molecular flexibility index (Phi) is 7.53. The maximum Gasteiger partial charge on any atom is 0.355 e. The van der Waals surface area contributed by atoms with E-state index in [9.17, 15) is 14.4 Å². The van der Waals surface area contributed by atoms with Crippen LogP contribution in [0.3, 0.4) is 0 Å². The van der Waals surface area contributed by atoms with Gasteiger partial charge in [0.05, 0.1) is 0 Å². The molecule has 0 bridgehead atoms. The monoisotopic (exact) mass is 408 g/mol. The van der Waals surface area contributed by atoms with Gasteiger partial charge in [-0.05, 0) is 41.7 Å². The van der Waals surface area contributed by atoms with Gasteiger partial charge in [0, 0.05) is 12.6 Å². The molecule has 6 heteroatoms. The van der Waals surface area contributed by atoms with Crippen molar-refractivity contribution in [1.29, 1.82) is 0 Å². The Labute approximate surface area is 177 Å². The molecule has 1 unspecified atom stereocenters. The number of hydrogen-bond acceptors (Lipinski definition) is 4. The highest BCUT2D eigenvalue weighted by atomic mass is 16.5. The van der Waals surface area contributed by atoms with E-state index in [0.29, 0.717) is 11.3 Å². The van der Waals surface area contributed by atoms with Crippen LogP contribution in [-0.4, -0.2) is 23.9 Å². The fourth-order valence-electron chi connectivity index (χ4n) is 2.63. The summed E-state index contributed by atoms with van der Waals surface area (Å²) < 4.78 is 5.26. The first-order valence-electron chi connectivity index (χ1n) is 9.73. The SMILES string of the molecule is CC(=O)N/C(=C\c1ccccc1)C(=O)OC(C)C(=O)Nc1ccc(C(C)(C)C)cc1. The lowest BCUT2D eigenvalue weighted by atomic mass is 9.87. The molecule has 2 aromatic carbocycles. The third kappa shape index (κ3) is 6.88. The van der Waals surface area contributed by atoms with Crippen molar-refractivity contribution in [3.8, 4) is 0 Å². The number of ether oxygens (including phenoxy) is 1. The van der Waals surface area contributed by atoms with Crippen LogP contribution < -0.4 is 10.6 Å². The van der Waals surface area contributed by atoms with Gasteiger partial charge in [-0.25, -0.2) is 4.79 Å². The zero-order valence-electron chi connectivity index (χ0n) is 18.0. The molecule has 0 saturated carbocycles. The zero-order chi connectivity index (χ0) is 22.3. The average molecular weight is 408 g/mol. The van der Waals surface area contributed by atoms with E-state index in [0.717, 1.165) is 5.56 Å². The number of anilines is 1. The molecule has 0 aliphatic heterocycles. The van der Waals surface area contributed by atoms with E-state index in [1.165, 1.54) is 19.9 Å². The number of hydrogen-bond donors (Lipinski definition) is 2. The van der Waals surface area contributed by atoms with Gasteiger partial charge in [0.25, 0.3) is 5.91 Å². The minimum Gasteiger partial charge on any atom is -0.448 e. The summed E-state index contributed by atoms with van der Waals surface area (Å²) in [6.45, 7) is 9.10. The summed E-state index contributed by atoms with van der Waals surface area (Å²) in [4.78, 5) is 36.4. The van der Waals surface area contributed by atoms with E-state index in [2.05, 4.69) is 31.4 Å². The lowest BCUT2D eigenvalue weighted by Gasteiger charge is -2.19. The molecule has 30 heavy (non-hydrogen) atoms. The molecule has 2 rings (SSSR count). The minimum atomic E-state index is -1.05. The van der Waals surface area contributed by atoms with Crippen molar-refractivity contribution in [2.24, 2.45) is 0 Å². The molecule has 2 aromatic rings. The van der Waals surface area contributed by atoms with E-state index in [1.54, 1.807) is 12.1 Å². The summed E-state index contributed by atoms with van der Waals surface area (Å²) in [7, 11) is 0. The Morgan fingerprint density at radius 2 is 1.57 bits per heavy atom. The first-order chi connectivity index (χ1) is 14.1. The molecule has 0 spiro atoms. The van der Waals surface area contributed by atoms with Gasteiger partial charge >= 0.3 is 5.97 Å². The molecular formula is C24H28N2O4. The van der Waals surface area contributed by atoms with Crippen molar-refractivity contribution >= 4 is 29.5 Å². The van der Waals surface area contributed by atoms with Crippen LogP contribution in [0, 0.1) is 0 Å². The Hall–Kier alpha value is -3.41. The van der Waals surface area contributed by atoms with Crippen molar-refractivity contribution in [1.82, 2.24) is 5.32 Å². The second-order valence-electron chi connectivity index (χ2n) is 8.01. The van der Waals surface area contributed by atoms with Gasteiger partial charge in [-0.2, -0.15) is 0 Å². The third-order valence-electron chi connectivity index (χ3n) is 4.31. The summed E-state index contributed by atoms with van der Waals surface area (Å²) in [5.74, 6) is -1.67. The van der Waals surface area contributed by atoms with Gasteiger partial charge < -0.3 is 15.4 Å². The van der Waals surface area contributed by atoms with Crippen LogP contribution >= 0.6 is 0 Å². The Morgan fingerprint density at radius 3 is 2.10 bits per heavy atom. The fraction of sp³-hybridized carbons (Fsp3) is 0.292. The number of nitrogens with one attached hydrogen (secondary N) is 2. The summed E-state index contributed by atoms with van der Waals surface area (Å²) in [6.07, 6.45) is 0.451. The highest BCUT2D eigenvalue weighted by molar-refractivity contribution is 6.00. The first kappa shape index (κ1) is 22.9. The Morgan fingerprint density at radius 1 is 0.967 bits per heavy atom. The largest absolute Gasteiger partial charge is 0.448 e. The lowest BCUT2D eigenvalue weighted by molar-refractivity contribution is -0.149. The normalized spacial score (nSPS) is 12.6. The van der Waals surface area contributed by atoms with Gasteiger partial charge in [-0.3, -0.25) is 9.59 Å². The number of amides is 2. The summed E-state index contributed by atoms with van der Waals surface area (Å²) in [5.41, 5.74) is 2.44. The van der Waals surface area contributed by atoms with Crippen molar-refractivity contribution in [3.05, 3.63) is 71.4 Å². The summed E-state index contributed by atoms with van der Waals surface area (Å²) in [5, 5.41) is 5.19. The molecule has 0 saturated heterocycles. The molecule has 0 aliphatic carbocycles. The molecule has 0 aliphatic rings. The number of carbonyl (C=O) groups excluding carboxylic acids is 3. The molecule has 6 nitrogen and oxygen atoms in total. The molecular weight excluding hydrogens is 380 g/mol. The number of carbonyl (C=O) groups is 3. The van der Waals surface area contributed by atoms with Crippen LogP contribution in [0.15, 0.2) is 60.3 Å².